The van der Waals surface area contributed by atoms with Gasteiger partial charge in [0.1, 0.15) is 11.4 Å². The van der Waals surface area contributed by atoms with Gasteiger partial charge in [0.25, 0.3) is 0 Å². The number of carbonyl (C=O) groups excluding carboxylic acids is 1. The molecule has 0 saturated heterocycles. The molecule has 0 aromatic heterocycles. The number of carbonyl (C=O) groups is 1. The number of benzene rings is 1. The number of rotatable bonds is 3. The van der Waals surface area contributed by atoms with Crippen LogP contribution in [0, 0.1) is 11.3 Å². The molecule has 102 valence electrons. The second-order valence-corrected chi connectivity index (χ2v) is 5.00. The Bertz CT molecular complexity index is 498. The van der Waals surface area contributed by atoms with Gasteiger partial charge in [0.15, 0.2) is 0 Å². The van der Waals surface area contributed by atoms with Crippen molar-refractivity contribution < 1.29 is 14.3 Å². The summed E-state index contributed by atoms with van der Waals surface area (Å²) in [6.45, 7) is 5.37. The number of amides is 1. The third-order valence-electron chi connectivity index (χ3n) is 2.18. The molecular weight excluding hydrogens is 244 g/mol. The largest absolute Gasteiger partial charge is 0.495 e. The van der Waals surface area contributed by atoms with Crippen molar-refractivity contribution in [1.29, 1.82) is 5.26 Å². The molecule has 0 heterocycles. The zero-order valence-corrected chi connectivity index (χ0v) is 11.6. The molecule has 0 unspecified atom stereocenters. The SMILES string of the molecule is COc1cc(CC#N)ccc1NC(=O)OC(C)(C)C. The number of anilines is 1. The van der Waals surface area contributed by atoms with E-state index in [0.29, 0.717) is 17.9 Å². The maximum atomic E-state index is 11.7. The smallest absolute Gasteiger partial charge is 0.412 e. The van der Waals surface area contributed by atoms with Crippen LogP contribution in [-0.4, -0.2) is 18.8 Å². The second-order valence-electron chi connectivity index (χ2n) is 5.00. The molecule has 1 aromatic carbocycles. The van der Waals surface area contributed by atoms with Crippen LogP contribution in [0.2, 0.25) is 0 Å². The van der Waals surface area contributed by atoms with E-state index in [2.05, 4.69) is 11.4 Å². The Morgan fingerprint density at radius 1 is 1.42 bits per heavy atom. The van der Waals surface area contributed by atoms with Crippen molar-refractivity contribution >= 4 is 11.8 Å². The molecule has 5 heteroatoms. The molecule has 1 rings (SSSR count). The van der Waals surface area contributed by atoms with E-state index in [1.54, 1.807) is 39.0 Å². The van der Waals surface area contributed by atoms with Crippen LogP contribution in [0.3, 0.4) is 0 Å². The van der Waals surface area contributed by atoms with Gasteiger partial charge < -0.3 is 9.47 Å². The van der Waals surface area contributed by atoms with Gasteiger partial charge in [-0.3, -0.25) is 5.32 Å². The molecule has 0 aliphatic rings. The summed E-state index contributed by atoms with van der Waals surface area (Å²) in [5.74, 6) is 0.499. The normalized spacial score (nSPS) is 10.5. The first kappa shape index (κ1) is 14.8. The van der Waals surface area contributed by atoms with Crippen molar-refractivity contribution in [3.63, 3.8) is 0 Å². The first-order valence-corrected chi connectivity index (χ1v) is 5.89. The average molecular weight is 262 g/mol. The molecule has 19 heavy (non-hydrogen) atoms. The van der Waals surface area contributed by atoms with Gasteiger partial charge in [0.2, 0.25) is 0 Å². The standard InChI is InChI=1S/C14H18N2O3/c1-14(2,3)19-13(17)16-11-6-5-10(7-8-15)9-12(11)18-4/h5-6,9H,7H2,1-4H3,(H,16,17). The Morgan fingerprint density at radius 3 is 2.63 bits per heavy atom. The number of nitrogens with one attached hydrogen (secondary N) is 1. The molecule has 0 bridgehead atoms. The number of hydrogen-bond donors (Lipinski definition) is 1. The highest BCUT2D eigenvalue weighted by molar-refractivity contribution is 5.87. The number of ether oxygens (including phenoxy) is 2. The van der Waals surface area contributed by atoms with Gasteiger partial charge in [-0.1, -0.05) is 6.07 Å². The van der Waals surface area contributed by atoms with Crippen LogP contribution in [-0.2, 0) is 11.2 Å². The van der Waals surface area contributed by atoms with Gasteiger partial charge in [-0.05, 0) is 38.5 Å². The van der Waals surface area contributed by atoms with Gasteiger partial charge in [0, 0.05) is 0 Å². The fraction of sp³-hybridized carbons (Fsp3) is 0.429. The average Bonchev–Trinajstić information content (AvgIpc) is 2.29. The van der Waals surface area contributed by atoms with E-state index in [4.69, 9.17) is 14.7 Å². The van der Waals surface area contributed by atoms with E-state index in [1.807, 2.05) is 0 Å². The van der Waals surface area contributed by atoms with Crippen molar-refractivity contribution in [2.75, 3.05) is 12.4 Å². The topological polar surface area (TPSA) is 71.3 Å². The Balaban J connectivity index is 2.84. The van der Waals surface area contributed by atoms with Crippen LogP contribution < -0.4 is 10.1 Å². The fourth-order valence-electron chi connectivity index (χ4n) is 1.45. The lowest BCUT2D eigenvalue weighted by molar-refractivity contribution is 0.0635. The number of hydrogen-bond acceptors (Lipinski definition) is 4. The van der Waals surface area contributed by atoms with Crippen LogP contribution >= 0.6 is 0 Å². The molecule has 0 fully saturated rings. The highest BCUT2D eigenvalue weighted by Crippen LogP contribution is 2.26. The van der Waals surface area contributed by atoms with Gasteiger partial charge in [-0.2, -0.15) is 5.26 Å². The van der Waals surface area contributed by atoms with E-state index >= 15 is 0 Å². The number of nitriles is 1. The third-order valence-corrected chi connectivity index (χ3v) is 2.18. The van der Waals surface area contributed by atoms with Crippen molar-refractivity contribution in [3.05, 3.63) is 23.8 Å². The minimum absolute atomic E-state index is 0.295. The predicted octanol–water partition coefficient (Wildman–Crippen LogP) is 3.11. The number of methoxy groups -OCH3 is 1. The Hall–Kier alpha value is -2.22. The molecule has 1 aromatic rings. The zero-order valence-electron chi connectivity index (χ0n) is 11.6. The predicted molar refractivity (Wildman–Crippen MR) is 72.2 cm³/mol. The lowest BCUT2D eigenvalue weighted by Crippen LogP contribution is -2.27. The maximum absolute atomic E-state index is 11.7. The summed E-state index contributed by atoms with van der Waals surface area (Å²) in [6, 6.07) is 7.23. The molecule has 5 nitrogen and oxygen atoms in total. The Kier molecular flexibility index (Phi) is 4.76. The fourth-order valence-corrected chi connectivity index (χ4v) is 1.45. The third kappa shape index (κ3) is 4.88. The van der Waals surface area contributed by atoms with Crippen LogP contribution in [0.4, 0.5) is 10.5 Å². The van der Waals surface area contributed by atoms with Gasteiger partial charge in [-0.15, -0.1) is 0 Å². The molecule has 0 atom stereocenters. The van der Waals surface area contributed by atoms with Crippen molar-refractivity contribution in [3.8, 4) is 11.8 Å². The lowest BCUT2D eigenvalue weighted by atomic mass is 10.1. The maximum Gasteiger partial charge on any atom is 0.412 e. The van der Waals surface area contributed by atoms with E-state index in [0.717, 1.165) is 5.56 Å². The Labute approximate surface area is 113 Å². The highest BCUT2D eigenvalue weighted by Gasteiger charge is 2.17. The molecule has 1 amide bonds. The lowest BCUT2D eigenvalue weighted by Gasteiger charge is -2.20. The van der Waals surface area contributed by atoms with Crippen LogP contribution in [0.5, 0.6) is 5.75 Å². The monoisotopic (exact) mass is 262 g/mol. The quantitative estimate of drug-likeness (QED) is 0.908. The Morgan fingerprint density at radius 2 is 2.11 bits per heavy atom. The summed E-state index contributed by atoms with van der Waals surface area (Å²) in [6.07, 6.45) is -0.248. The summed E-state index contributed by atoms with van der Waals surface area (Å²) in [4.78, 5) is 11.7. The summed E-state index contributed by atoms with van der Waals surface area (Å²) in [5, 5.41) is 11.3. The first-order valence-electron chi connectivity index (χ1n) is 5.89. The van der Waals surface area contributed by atoms with Crippen LogP contribution in [0.1, 0.15) is 26.3 Å². The molecule has 1 N–H and O–H groups in total. The summed E-state index contributed by atoms with van der Waals surface area (Å²) >= 11 is 0. The zero-order chi connectivity index (χ0) is 14.5. The number of nitrogens with zero attached hydrogens (tertiary/aromatic N) is 1. The van der Waals surface area contributed by atoms with Crippen LogP contribution in [0.15, 0.2) is 18.2 Å². The van der Waals surface area contributed by atoms with E-state index < -0.39 is 11.7 Å². The summed E-state index contributed by atoms with van der Waals surface area (Å²) in [7, 11) is 1.51. The molecule has 0 radical (unpaired) electrons. The minimum Gasteiger partial charge on any atom is -0.495 e. The van der Waals surface area contributed by atoms with Crippen molar-refractivity contribution in [2.45, 2.75) is 32.8 Å². The van der Waals surface area contributed by atoms with E-state index in [9.17, 15) is 4.79 Å². The second kappa shape index (κ2) is 6.10. The summed E-state index contributed by atoms with van der Waals surface area (Å²) < 4.78 is 10.3. The van der Waals surface area contributed by atoms with Crippen LogP contribution in [0.25, 0.3) is 0 Å². The van der Waals surface area contributed by atoms with Crippen molar-refractivity contribution in [1.82, 2.24) is 0 Å². The van der Waals surface area contributed by atoms with Crippen molar-refractivity contribution in [2.24, 2.45) is 0 Å². The molecule has 0 saturated carbocycles. The van der Waals surface area contributed by atoms with E-state index in [1.165, 1.54) is 7.11 Å². The van der Waals surface area contributed by atoms with Gasteiger partial charge >= 0.3 is 6.09 Å². The first-order chi connectivity index (χ1) is 8.85. The molecular formula is C14H18N2O3. The molecule has 0 aliphatic heterocycles. The van der Waals surface area contributed by atoms with E-state index in [-0.39, 0.29) is 0 Å². The molecule has 0 aliphatic carbocycles. The minimum atomic E-state index is -0.557. The molecule has 0 spiro atoms. The highest BCUT2D eigenvalue weighted by atomic mass is 16.6. The van der Waals surface area contributed by atoms with Gasteiger partial charge in [0.05, 0.1) is 25.3 Å². The summed E-state index contributed by atoms with van der Waals surface area (Å²) in [5.41, 5.74) is 0.783. The van der Waals surface area contributed by atoms with Gasteiger partial charge in [-0.25, -0.2) is 4.79 Å².